The second-order valence-corrected chi connectivity index (χ2v) is 5.69. The number of fused-ring (bicyclic) bond motifs is 1. The lowest BCUT2D eigenvalue weighted by Crippen LogP contribution is -1.97. The van der Waals surface area contributed by atoms with E-state index in [0.717, 1.165) is 0 Å². The van der Waals surface area contributed by atoms with Crippen molar-refractivity contribution in [2.45, 2.75) is 10.7 Å². The number of nitrogens with zero attached hydrogens (tertiary/aromatic N) is 1. The molecule has 7 heteroatoms. The number of hydrogen-bond acceptors (Lipinski definition) is 2. The molecule has 21 heavy (non-hydrogen) atoms. The van der Waals surface area contributed by atoms with Gasteiger partial charge in [-0.25, -0.2) is 4.39 Å². The van der Waals surface area contributed by atoms with Crippen molar-refractivity contribution in [2.24, 2.45) is 0 Å². The van der Waals surface area contributed by atoms with Crippen molar-refractivity contribution in [1.82, 2.24) is 9.55 Å². The minimum Gasteiger partial charge on any atom is -0.330 e. The van der Waals surface area contributed by atoms with Gasteiger partial charge in [-0.15, -0.1) is 0 Å². The summed E-state index contributed by atoms with van der Waals surface area (Å²) in [4.78, 5) is 3.33. The van der Waals surface area contributed by atoms with Crippen molar-refractivity contribution in [3.05, 3.63) is 53.1 Å². The van der Waals surface area contributed by atoms with Gasteiger partial charge in [-0.1, -0.05) is 23.9 Å². The van der Waals surface area contributed by atoms with Crippen LogP contribution in [0.4, 0.5) is 13.2 Å². The van der Waals surface area contributed by atoms with E-state index in [0.29, 0.717) is 38.1 Å². The molecule has 0 aliphatic rings. The Balaban J connectivity index is 2.28. The number of nitrogens with one attached hydrogen (secondary N) is 1. The third kappa shape index (κ3) is 2.71. The first-order valence-electron chi connectivity index (χ1n) is 6.01. The van der Waals surface area contributed by atoms with Gasteiger partial charge in [0.2, 0.25) is 0 Å². The number of hydrogen-bond donors (Lipinski definition) is 1. The number of H-pyrrole nitrogens is 1. The van der Waals surface area contributed by atoms with Crippen molar-refractivity contribution < 1.29 is 13.2 Å². The van der Waals surface area contributed by atoms with Crippen LogP contribution in [-0.2, 0) is 0 Å². The summed E-state index contributed by atoms with van der Waals surface area (Å²) in [6.07, 6.45) is 0. The van der Waals surface area contributed by atoms with Crippen LogP contribution in [0.15, 0.2) is 47.4 Å². The Morgan fingerprint density at radius 1 is 1.14 bits per heavy atom. The minimum atomic E-state index is -2.54. The van der Waals surface area contributed by atoms with E-state index in [4.69, 9.17) is 12.2 Å². The number of para-hydroxylation sites is 1. The molecule has 0 saturated carbocycles. The molecule has 2 nitrogen and oxygen atoms in total. The second kappa shape index (κ2) is 5.57. The van der Waals surface area contributed by atoms with Crippen molar-refractivity contribution in [2.75, 3.05) is 0 Å². The van der Waals surface area contributed by atoms with Crippen LogP contribution in [0.3, 0.4) is 0 Å². The van der Waals surface area contributed by atoms with E-state index in [-0.39, 0.29) is 0 Å². The highest BCUT2D eigenvalue weighted by Gasteiger charge is 2.14. The fourth-order valence-corrected chi connectivity index (χ4v) is 3.09. The van der Waals surface area contributed by atoms with Gasteiger partial charge in [-0.2, -0.15) is 8.78 Å². The Morgan fingerprint density at radius 3 is 2.67 bits per heavy atom. The van der Waals surface area contributed by atoms with Gasteiger partial charge in [0.1, 0.15) is 5.82 Å². The Labute approximate surface area is 127 Å². The standard InChI is InChI=1S/C14H9F3N2S2/c15-8-5-6-9-11(7-8)19(14(20)18-9)10-3-1-2-4-12(10)21-13(16)17/h1-7,13H,(H,18,20). The maximum Gasteiger partial charge on any atom is 0.288 e. The maximum atomic E-state index is 13.5. The molecular formula is C14H9F3N2S2. The van der Waals surface area contributed by atoms with E-state index < -0.39 is 11.6 Å². The third-order valence-electron chi connectivity index (χ3n) is 2.97. The Kier molecular flexibility index (Phi) is 3.77. The lowest BCUT2D eigenvalue weighted by atomic mass is 10.2. The molecule has 0 aliphatic heterocycles. The molecule has 0 spiro atoms. The first-order valence-corrected chi connectivity index (χ1v) is 7.29. The highest BCUT2D eigenvalue weighted by Crippen LogP contribution is 2.32. The van der Waals surface area contributed by atoms with Crippen LogP contribution in [0, 0.1) is 10.6 Å². The molecule has 0 fully saturated rings. The summed E-state index contributed by atoms with van der Waals surface area (Å²) in [5, 5.41) is 0. The van der Waals surface area contributed by atoms with Crippen LogP contribution in [0.5, 0.6) is 0 Å². The van der Waals surface area contributed by atoms with E-state index in [1.165, 1.54) is 12.1 Å². The quantitative estimate of drug-likeness (QED) is 0.531. The number of alkyl halides is 2. The first-order chi connectivity index (χ1) is 10.1. The first kappa shape index (κ1) is 14.2. The van der Waals surface area contributed by atoms with Crippen LogP contribution < -0.4 is 0 Å². The molecule has 3 rings (SSSR count). The average Bonchev–Trinajstić information content (AvgIpc) is 2.74. The van der Waals surface area contributed by atoms with Gasteiger partial charge in [0.15, 0.2) is 4.77 Å². The average molecular weight is 326 g/mol. The predicted molar refractivity (Wildman–Crippen MR) is 80.3 cm³/mol. The Bertz CT molecular complexity index is 855. The molecule has 2 aromatic carbocycles. The summed E-state index contributed by atoms with van der Waals surface area (Å²) in [6.45, 7) is 0. The summed E-state index contributed by atoms with van der Waals surface area (Å²) in [7, 11) is 0. The number of thioether (sulfide) groups is 1. The van der Waals surface area contributed by atoms with Crippen molar-refractivity contribution in [3.63, 3.8) is 0 Å². The largest absolute Gasteiger partial charge is 0.330 e. The molecule has 3 aromatic rings. The fourth-order valence-electron chi connectivity index (χ4n) is 2.15. The van der Waals surface area contributed by atoms with Crippen LogP contribution >= 0.6 is 24.0 Å². The van der Waals surface area contributed by atoms with E-state index in [1.807, 2.05) is 0 Å². The number of aromatic nitrogens is 2. The molecule has 0 saturated heterocycles. The van der Waals surface area contributed by atoms with Crippen LogP contribution in [0.25, 0.3) is 16.7 Å². The monoisotopic (exact) mass is 326 g/mol. The lowest BCUT2D eigenvalue weighted by Gasteiger charge is -2.10. The van der Waals surface area contributed by atoms with Gasteiger partial charge in [0.25, 0.3) is 5.76 Å². The van der Waals surface area contributed by atoms with Crippen molar-refractivity contribution in [3.8, 4) is 5.69 Å². The predicted octanol–water partition coefficient (Wildman–Crippen LogP) is 5.14. The zero-order valence-corrected chi connectivity index (χ0v) is 12.1. The molecule has 0 unspecified atom stereocenters. The summed E-state index contributed by atoms with van der Waals surface area (Å²) in [5.74, 6) is -2.95. The van der Waals surface area contributed by atoms with Crippen LogP contribution in [0.2, 0.25) is 0 Å². The topological polar surface area (TPSA) is 20.7 Å². The number of rotatable bonds is 3. The molecule has 0 radical (unpaired) electrons. The number of imidazole rings is 1. The number of aromatic amines is 1. The molecule has 1 aromatic heterocycles. The van der Waals surface area contributed by atoms with Gasteiger partial charge < -0.3 is 4.98 Å². The summed E-state index contributed by atoms with van der Waals surface area (Å²) >= 11 is 5.68. The second-order valence-electron chi connectivity index (χ2n) is 4.27. The minimum absolute atomic E-state index is 0.331. The highest BCUT2D eigenvalue weighted by molar-refractivity contribution is 7.99. The van der Waals surface area contributed by atoms with E-state index in [9.17, 15) is 13.2 Å². The third-order valence-corrected chi connectivity index (χ3v) is 4.03. The van der Waals surface area contributed by atoms with E-state index >= 15 is 0 Å². The molecular weight excluding hydrogens is 317 g/mol. The summed E-state index contributed by atoms with van der Waals surface area (Å²) < 4.78 is 40.7. The molecule has 0 aliphatic carbocycles. The highest BCUT2D eigenvalue weighted by atomic mass is 32.2. The normalized spacial score (nSPS) is 11.4. The summed E-state index contributed by atoms with van der Waals surface area (Å²) in [6, 6.07) is 10.9. The molecule has 1 heterocycles. The van der Waals surface area contributed by atoms with Gasteiger partial charge in [-0.3, -0.25) is 4.57 Å². The van der Waals surface area contributed by atoms with Gasteiger partial charge in [0, 0.05) is 11.0 Å². The molecule has 1 N–H and O–H groups in total. The Hall–Kier alpha value is -1.73. The maximum absolute atomic E-state index is 13.5. The zero-order chi connectivity index (χ0) is 15.0. The van der Waals surface area contributed by atoms with Gasteiger partial charge in [0.05, 0.1) is 16.7 Å². The zero-order valence-electron chi connectivity index (χ0n) is 10.5. The van der Waals surface area contributed by atoms with Crippen molar-refractivity contribution in [1.29, 1.82) is 0 Å². The summed E-state index contributed by atoms with van der Waals surface area (Å²) in [5.41, 5.74) is 1.67. The fraction of sp³-hybridized carbons (Fsp3) is 0.0714. The van der Waals surface area contributed by atoms with Crippen LogP contribution in [0.1, 0.15) is 0 Å². The molecule has 0 atom stereocenters. The van der Waals surface area contributed by atoms with E-state index in [1.54, 1.807) is 34.9 Å². The Morgan fingerprint density at radius 2 is 1.90 bits per heavy atom. The van der Waals surface area contributed by atoms with Gasteiger partial charge in [-0.05, 0) is 36.5 Å². The van der Waals surface area contributed by atoms with Crippen LogP contribution in [-0.4, -0.2) is 15.3 Å². The molecule has 0 amide bonds. The van der Waals surface area contributed by atoms with Crippen molar-refractivity contribution >= 4 is 35.0 Å². The lowest BCUT2D eigenvalue weighted by molar-refractivity contribution is 0.252. The molecule has 0 bridgehead atoms. The van der Waals surface area contributed by atoms with Gasteiger partial charge >= 0.3 is 0 Å². The smallest absolute Gasteiger partial charge is 0.288 e. The molecule has 108 valence electrons. The van der Waals surface area contributed by atoms with E-state index in [2.05, 4.69) is 4.98 Å². The SMILES string of the molecule is Fc1ccc2[nH]c(=S)n(-c3ccccc3SC(F)F)c2c1. The number of halogens is 3. The number of benzene rings is 2.